The second kappa shape index (κ2) is 5.42. The Hall–Kier alpha value is -1.59. The number of hydrogen-bond donors (Lipinski definition) is 0. The molecule has 2 heterocycles. The van der Waals surface area contributed by atoms with Gasteiger partial charge >= 0.3 is 0 Å². The molecule has 4 nitrogen and oxygen atoms in total. The largest absolute Gasteiger partial charge is 0.497 e. The lowest BCUT2D eigenvalue weighted by Gasteiger charge is -2.03. The Labute approximate surface area is 129 Å². The minimum Gasteiger partial charge on any atom is -0.497 e. The maximum absolute atomic E-state index is 5.93. The molecular formula is C14H11BrClN3O. The summed E-state index contributed by atoms with van der Waals surface area (Å²) in [5.41, 5.74) is 2.72. The molecule has 0 fully saturated rings. The van der Waals surface area contributed by atoms with Crippen LogP contribution in [0.1, 0.15) is 5.56 Å². The van der Waals surface area contributed by atoms with Crippen LogP contribution in [0.25, 0.3) is 11.0 Å². The zero-order valence-electron chi connectivity index (χ0n) is 10.7. The maximum atomic E-state index is 5.93. The molecule has 0 aliphatic carbocycles. The molecular weight excluding hydrogens is 342 g/mol. The summed E-state index contributed by atoms with van der Waals surface area (Å²) in [6.07, 6.45) is 1.89. The summed E-state index contributed by atoms with van der Waals surface area (Å²) in [7, 11) is 1.65. The number of hydrogen-bond acceptors (Lipinski definition) is 3. The lowest BCUT2D eigenvalue weighted by atomic mass is 10.2. The van der Waals surface area contributed by atoms with Crippen molar-refractivity contribution in [3.8, 4) is 5.75 Å². The third kappa shape index (κ3) is 2.64. The predicted molar refractivity (Wildman–Crippen MR) is 82.3 cm³/mol. The molecule has 3 rings (SSSR count). The molecule has 0 aliphatic rings. The number of ether oxygens (including phenoxy) is 1. The fourth-order valence-electron chi connectivity index (χ4n) is 1.98. The van der Waals surface area contributed by atoms with Crippen LogP contribution in [0.15, 0.2) is 41.0 Å². The summed E-state index contributed by atoms with van der Waals surface area (Å²) in [5, 5.41) is 4.96. The van der Waals surface area contributed by atoms with E-state index in [9.17, 15) is 0 Å². The molecule has 0 saturated heterocycles. The van der Waals surface area contributed by atoms with Gasteiger partial charge < -0.3 is 4.74 Å². The van der Waals surface area contributed by atoms with E-state index in [1.807, 2.05) is 35.1 Å². The Morgan fingerprint density at radius 2 is 2.05 bits per heavy atom. The molecule has 20 heavy (non-hydrogen) atoms. The van der Waals surface area contributed by atoms with Crippen molar-refractivity contribution < 1.29 is 4.74 Å². The quantitative estimate of drug-likeness (QED) is 0.671. The SMILES string of the molecule is COc1ccc(Cn2cc3nc(Cl)cc(Br)c3n2)cc1. The second-order valence-electron chi connectivity index (χ2n) is 4.34. The predicted octanol–water partition coefficient (Wildman–Crippen LogP) is 3.90. The van der Waals surface area contributed by atoms with E-state index in [4.69, 9.17) is 16.3 Å². The van der Waals surface area contributed by atoms with Gasteiger partial charge in [0, 0.05) is 0 Å². The van der Waals surface area contributed by atoms with Crippen molar-refractivity contribution in [2.75, 3.05) is 7.11 Å². The summed E-state index contributed by atoms with van der Waals surface area (Å²) in [6.45, 7) is 0.671. The summed E-state index contributed by atoms with van der Waals surface area (Å²) < 4.78 is 7.84. The number of rotatable bonds is 3. The Morgan fingerprint density at radius 3 is 2.75 bits per heavy atom. The third-order valence-electron chi connectivity index (χ3n) is 2.95. The van der Waals surface area contributed by atoms with Gasteiger partial charge in [0.15, 0.2) is 0 Å². The molecule has 0 spiro atoms. The summed E-state index contributed by atoms with van der Waals surface area (Å²) in [4.78, 5) is 4.26. The van der Waals surface area contributed by atoms with E-state index in [0.717, 1.165) is 26.8 Å². The van der Waals surface area contributed by atoms with Crippen molar-refractivity contribution in [1.82, 2.24) is 14.8 Å². The van der Waals surface area contributed by atoms with E-state index in [1.165, 1.54) is 0 Å². The Bertz CT molecular complexity index is 755. The van der Waals surface area contributed by atoms with Crippen LogP contribution in [0, 0.1) is 0 Å². The van der Waals surface area contributed by atoms with E-state index in [1.54, 1.807) is 13.2 Å². The standard InChI is InChI=1S/C14H11BrClN3O/c1-20-10-4-2-9(3-5-10)7-19-8-12-14(18-19)11(15)6-13(16)17-12/h2-6,8H,7H2,1H3. The van der Waals surface area contributed by atoms with E-state index < -0.39 is 0 Å². The molecule has 6 heteroatoms. The highest BCUT2D eigenvalue weighted by Gasteiger charge is 2.08. The minimum atomic E-state index is 0.452. The lowest BCUT2D eigenvalue weighted by Crippen LogP contribution is -1.99. The fourth-order valence-corrected chi connectivity index (χ4v) is 2.81. The Balaban J connectivity index is 1.92. The van der Waals surface area contributed by atoms with Crippen LogP contribution in [0.2, 0.25) is 5.15 Å². The van der Waals surface area contributed by atoms with Crippen LogP contribution in [0.5, 0.6) is 5.75 Å². The Kier molecular flexibility index (Phi) is 3.63. The fraction of sp³-hybridized carbons (Fsp3) is 0.143. The van der Waals surface area contributed by atoms with Crippen molar-refractivity contribution >= 4 is 38.6 Å². The van der Waals surface area contributed by atoms with Crippen LogP contribution >= 0.6 is 27.5 Å². The second-order valence-corrected chi connectivity index (χ2v) is 5.58. The molecule has 0 N–H and O–H groups in total. The lowest BCUT2D eigenvalue weighted by molar-refractivity contribution is 0.414. The zero-order chi connectivity index (χ0) is 14.1. The minimum absolute atomic E-state index is 0.452. The first kappa shape index (κ1) is 13.4. The normalized spacial score (nSPS) is 10.9. The van der Waals surface area contributed by atoms with Crippen LogP contribution in [0.3, 0.4) is 0 Å². The molecule has 1 aromatic carbocycles. The number of benzene rings is 1. The topological polar surface area (TPSA) is 39.9 Å². The summed E-state index contributed by atoms with van der Waals surface area (Å²) in [5.74, 6) is 0.843. The smallest absolute Gasteiger partial charge is 0.131 e. The van der Waals surface area contributed by atoms with Gasteiger partial charge in [-0.05, 0) is 39.7 Å². The first-order chi connectivity index (χ1) is 9.65. The van der Waals surface area contributed by atoms with Crippen LogP contribution in [-0.2, 0) is 6.54 Å². The Morgan fingerprint density at radius 1 is 1.30 bits per heavy atom. The van der Waals surface area contributed by atoms with Gasteiger partial charge in [0.05, 0.1) is 24.3 Å². The van der Waals surface area contributed by atoms with Gasteiger partial charge in [-0.25, -0.2) is 4.98 Å². The van der Waals surface area contributed by atoms with Gasteiger partial charge in [-0.3, -0.25) is 4.68 Å². The molecule has 0 aliphatic heterocycles. The highest BCUT2D eigenvalue weighted by molar-refractivity contribution is 9.10. The molecule has 0 bridgehead atoms. The van der Waals surface area contributed by atoms with E-state index in [0.29, 0.717) is 11.7 Å². The molecule has 0 atom stereocenters. The number of aromatic nitrogens is 3. The van der Waals surface area contributed by atoms with Crippen LogP contribution in [0.4, 0.5) is 0 Å². The molecule has 0 unspecified atom stereocenters. The average Bonchev–Trinajstić information content (AvgIpc) is 2.82. The molecule has 0 saturated carbocycles. The van der Waals surface area contributed by atoms with E-state index in [-0.39, 0.29) is 0 Å². The summed E-state index contributed by atoms with van der Waals surface area (Å²) >= 11 is 9.38. The van der Waals surface area contributed by atoms with Crippen molar-refractivity contribution in [2.24, 2.45) is 0 Å². The third-order valence-corrected chi connectivity index (χ3v) is 3.74. The average molecular weight is 353 g/mol. The van der Waals surface area contributed by atoms with Gasteiger partial charge in [0.25, 0.3) is 0 Å². The molecule has 0 radical (unpaired) electrons. The summed E-state index contributed by atoms with van der Waals surface area (Å²) in [6, 6.07) is 9.64. The van der Waals surface area contributed by atoms with Crippen LogP contribution < -0.4 is 4.74 Å². The molecule has 3 aromatic rings. The zero-order valence-corrected chi connectivity index (χ0v) is 13.0. The first-order valence-corrected chi connectivity index (χ1v) is 7.15. The van der Waals surface area contributed by atoms with E-state index in [2.05, 4.69) is 26.0 Å². The van der Waals surface area contributed by atoms with E-state index >= 15 is 0 Å². The van der Waals surface area contributed by atoms with Gasteiger partial charge in [-0.2, -0.15) is 5.10 Å². The van der Waals surface area contributed by atoms with Gasteiger partial charge in [0.1, 0.15) is 21.9 Å². The number of nitrogens with zero attached hydrogens (tertiary/aromatic N) is 3. The number of fused-ring (bicyclic) bond motifs is 1. The monoisotopic (exact) mass is 351 g/mol. The van der Waals surface area contributed by atoms with Crippen LogP contribution in [-0.4, -0.2) is 21.9 Å². The maximum Gasteiger partial charge on any atom is 0.131 e. The number of pyridine rings is 1. The molecule has 102 valence electrons. The highest BCUT2D eigenvalue weighted by atomic mass is 79.9. The number of methoxy groups -OCH3 is 1. The highest BCUT2D eigenvalue weighted by Crippen LogP contribution is 2.24. The number of halogens is 2. The van der Waals surface area contributed by atoms with Gasteiger partial charge in [-0.1, -0.05) is 23.7 Å². The van der Waals surface area contributed by atoms with Crippen molar-refractivity contribution in [3.05, 3.63) is 51.7 Å². The van der Waals surface area contributed by atoms with Crippen molar-refractivity contribution in [1.29, 1.82) is 0 Å². The van der Waals surface area contributed by atoms with Crippen molar-refractivity contribution in [2.45, 2.75) is 6.54 Å². The molecule has 0 amide bonds. The molecule has 2 aromatic heterocycles. The van der Waals surface area contributed by atoms with Gasteiger partial charge in [0.2, 0.25) is 0 Å². The van der Waals surface area contributed by atoms with Gasteiger partial charge in [-0.15, -0.1) is 0 Å². The van der Waals surface area contributed by atoms with Crippen molar-refractivity contribution in [3.63, 3.8) is 0 Å². The first-order valence-electron chi connectivity index (χ1n) is 5.98.